The maximum Gasteiger partial charge on any atom is 0.264 e. The molecule has 1 atom stereocenters. The van der Waals surface area contributed by atoms with Gasteiger partial charge in [0.15, 0.2) is 0 Å². The van der Waals surface area contributed by atoms with Crippen molar-refractivity contribution in [1.29, 1.82) is 0 Å². The normalized spacial score (nSPS) is 12.0. The highest BCUT2D eigenvalue weighted by molar-refractivity contribution is 7.92. The lowest BCUT2D eigenvalue weighted by atomic mass is 10.1. The van der Waals surface area contributed by atoms with E-state index in [0.717, 1.165) is 16.3 Å². The number of carbonyl (C=O) groups is 2. The van der Waals surface area contributed by atoms with Crippen molar-refractivity contribution in [2.75, 3.05) is 17.4 Å². The lowest BCUT2D eigenvalue weighted by molar-refractivity contribution is -0.140. The molecule has 1 N–H and O–H groups in total. The van der Waals surface area contributed by atoms with E-state index < -0.39 is 28.5 Å². The summed E-state index contributed by atoms with van der Waals surface area (Å²) >= 11 is 6.41. The number of aryl methyl sites for hydroxylation is 1. The fourth-order valence-electron chi connectivity index (χ4n) is 4.13. The third-order valence-electron chi connectivity index (χ3n) is 6.13. The zero-order chi connectivity index (χ0) is 27.7. The van der Waals surface area contributed by atoms with Gasteiger partial charge >= 0.3 is 0 Å². The third-order valence-corrected chi connectivity index (χ3v) is 8.29. The summed E-state index contributed by atoms with van der Waals surface area (Å²) in [6.07, 6.45) is 1.10. The molecule has 202 valence electrons. The summed E-state index contributed by atoms with van der Waals surface area (Å²) in [7, 11) is -4.09. The second-order valence-electron chi connectivity index (χ2n) is 8.99. The van der Waals surface area contributed by atoms with Gasteiger partial charge in [-0.1, -0.05) is 74.0 Å². The summed E-state index contributed by atoms with van der Waals surface area (Å²) in [5.41, 5.74) is 1.88. The van der Waals surface area contributed by atoms with E-state index in [1.54, 1.807) is 60.7 Å². The average Bonchev–Trinajstić information content (AvgIpc) is 2.91. The number of carbonyl (C=O) groups excluding carboxylic acids is 2. The molecule has 3 aromatic carbocycles. The van der Waals surface area contributed by atoms with E-state index in [1.165, 1.54) is 17.0 Å². The number of nitrogens with zero attached hydrogens (tertiary/aromatic N) is 2. The number of halogens is 1. The van der Waals surface area contributed by atoms with Crippen LogP contribution in [0.5, 0.6) is 0 Å². The molecule has 0 unspecified atom stereocenters. The van der Waals surface area contributed by atoms with Gasteiger partial charge in [0.1, 0.15) is 12.6 Å². The molecule has 38 heavy (non-hydrogen) atoms. The molecule has 0 fully saturated rings. The summed E-state index contributed by atoms with van der Waals surface area (Å²) in [4.78, 5) is 28.6. The Hall–Kier alpha value is -3.36. The Morgan fingerprint density at radius 2 is 1.63 bits per heavy atom. The van der Waals surface area contributed by atoms with Crippen molar-refractivity contribution >= 4 is 39.1 Å². The Bertz CT molecular complexity index is 1350. The first-order valence-electron chi connectivity index (χ1n) is 12.6. The zero-order valence-electron chi connectivity index (χ0n) is 21.9. The van der Waals surface area contributed by atoms with Crippen LogP contribution < -0.4 is 9.62 Å². The van der Waals surface area contributed by atoms with Crippen molar-refractivity contribution in [3.8, 4) is 0 Å². The van der Waals surface area contributed by atoms with Gasteiger partial charge in [0.05, 0.1) is 10.6 Å². The molecule has 0 saturated carbocycles. The summed E-state index contributed by atoms with van der Waals surface area (Å²) in [6, 6.07) is 21.3. The molecule has 0 bridgehead atoms. The molecule has 0 aromatic heterocycles. The Labute approximate surface area is 230 Å². The molecule has 2 amide bonds. The lowest BCUT2D eigenvalue weighted by Crippen LogP contribution is -2.52. The maximum absolute atomic E-state index is 14.0. The Balaban J connectivity index is 2.05. The summed E-state index contributed by atoms with van der Waals surface area (Å²) in [6.45, 7) is 5.67. The van der Waals surface area contributed by atoms with Gasteiger partial charge < -0.3 is 10.2 Å². The summed E-state index contributed by atoms with van der Waals surface area (Å²) < 4.78 is 28.7. The number of sulfonamides is 1. The van der Waals surface area contributed by atoms with Crippen molar-refractivity contribution in [2.24, 2.45) is 0 Å². The van der Waals surface area contributed by atoms with Gasteiger partial charge in [0.2, 0.25) is 11.8 Å². The van der Waals surface area contributed by atoms with Gasteiger partial charge in [-0.3, -0.25) is 13.9 Å². The number of hydrogen-bond acceptors (Lipinski definition) is 4. The number of benzene rings is 3. The second-order valence-corrected chi connectivity index (χ2v) is 11.3. The van der Waals surface area contributed by atoms with E-state index in [-0.39, 0.29) is 17.3 Å². The highest BCUT2D eigenvalue weighted by Gasteiger charge is 2.33. The first kappa shape index (κ1) is 29.2. The predicted molar refractivity (Wildman–Crippen MR) is 152 cm³/mol. The quantitative estimate of drug-likeness (QED) is 0.334. The highest BCUT2D eigenvalue weighted by Crippen LogP contribution is 2.26. The minimum atomic E-state index is -4.09. The summed E-state index contributed by atoms with van der Waals surface area (Å²) in [5, 5.41) is 3.33. The van der Waals surface area contributed by atoms with E-state index in [0.29, 0.717) is 29.2 Å². The molecule has 9 heteroatoms. The average molecular weight is 556 g/mol. The van der Waals surface area contributed by atoms with Crippen LogP contribution in [-0.2, 0) is 26.2 Å². The van der Waals surface area contributed by atoms with Crippen LogP contribution in [-0.4, -0.2) is 44.3 Å². The second kappa shape index (κ2) is 13.4. The summed E-state index contributed by atoms with van der Waals surface area (Å²) in [5.74, 6) is -0.799. The molecular formula is C29H34ClN3O4S. The number of amides is 2. The topological polar surface area (TPSA) is 86.8 Å². The molecule has 0 radical (unpaired) electrons. The van der Waals surface area contributed by atoms with Crippen molar-refractivity contribution in [1.82, 2.24) is 10.2 Å². The molecule has 0 aliphatic rings. The van der Waals surface area contributed by atoms with Crippen LogP contribution in [0.25, 0.3) is 0 Å². The minimum Gasteiger partial charge on any atom is -0.354 e. The van der Waals surface area contributed by atoms with Crippen LogP contribution in [0.4, 0.5) is 5.69 Å². The first-order valence-corrected chi connectivity index (χ1v) is 14.5. The van der Waals surface area contributed by atoms with E-state index in [2.05, 4.69) is 5.32 Å². The molecule has 0 aliphatic carbocycles. The van der Waals surface area contributed by atoms with Gasteiger partial charge in [-0.25, -0.2) is 8.42 Å². The zero-order valence-corrected chi connectivity index (χ0v) is 23.5. The number of anilines is 1. The number of rotatable bonds is 12. The highest BCUT2D eigenvalue weighted by atomic mass is 35.5. The minimum absolute atomic E-state index is 0.0591. The number of hydrogen-bond donors (Lipinski definition) is 1. The number of nitrogens with one attached hydrogen (secondary N) is 1. The van der Waals surface area contributed by atoms with Gasteiger partial charge in [-0.15, -0.1) is 0 Å². The van der Waals surface area contributed by atoms with E-state index in [4.69, 9.17) is 11.6 Å². The van der Waals surface area contributed by atoms with E-state index in [9.17, 15) is 18.0 Å². The molecule has 7 nitrogen and oxygen atoms in total. The largest absolute Gasteiger partial charge is 0.354 e. The molecule has 0 aliphatic heterocycles. The van der Waals surface area contributed by atoms with Crippen LogP contribution in [0.2, 0.25) is 5.02 Å². The van der Waals surface area contributed by atoms with Crippen LogP contribution in [0.3, 0.4) is 0 Å². The molecule has 0 spiro atoms. The Morgan fingerprint density at radius 1 is 0.947 bits per heavy atom. The van der Waals surface area contributed by atoms with Crippen molar-refractivity contribution in [3.63, 3.8) is 0 Å². The van der Waals surface area contributed by atoms with Gasteiger partial charge in [0, 0.05) is 18.1 Å². The molecule has 0 saturated heterocycles. The van der Waals surface area contributed by atoms with E-state index in [1.807, 2.05) is 26.8 Å². The monoisotopic (exact) mass is 555 g/mol. The Kier molecular flexibility index (Phi) is 10.3. The fourth-order valence-corrected chi connectivity index (χ4v) is 5.75. The van der Waals surface area contributed by atoms with Gasteiger partial charge in [-0.05, 0) is 61.2 Å². The van der Waals surface area contributed by atoms with Crippen LogP contribution in [0.15, 0.2) is 83.8 Å². The van der Waals surface area contributed by atoms with Crippen LogP contribution in [0.1, 0.15) is 37.8 Å². The van der Waals surface area contributed by atoms with Gasteiger partial charge in [0.25, 0.3) is 10.0 Å². The molecule has 0 heterocycles. The van der Waals surface area contributed by atoms with Crippen molar-refractivity contribution in [3.05, 3.63) is 95.0 Å². The third kappa shape index (κ3) is 7.14. The predicted octanol–water partition coefficient (Wildman–Crippen LogP) is 5.18. The maximum atomic E-state index is 14.0. The van der Waals surface area contributed by atoms with Gasteiger partial charge in [-0.2, -0.15) is 0 Å². The standard InChI is InChI=1S/C29H34ClN3O4S/c1-4-18-31-29(35)27(5-2)32(20-23-13-9-10-17-26(23)30)28(34)21-33(24-14-11-12-22(3)19-24)38(36,37)25-15-7-6-8-16-25/h6-17,19,27H,4-5,18,20-21H2,1-3H3,(H,31,35)/t27-/m0/s1. The van der Waals surface area contributed by atoms with E-state index >= 15 is 0 Å². The van der Waals surface area contributed by atoms with Crippen molar-refractivity contribution < 1.29 is 18.0 Å². The Morgan fingerprint density at radius 3 is 2.26 bits per heavy atom. The SMILES string of the molecule is CCCNC(=O)[C@H](CC)N(Cc1ccccc1Cl)C(=O)CN(c1cccc(C)c1)S(=O)(=O)c1ccccc1. The molecule has 3 aromatic rings. The molecular weight excluding hydrogens is 522 g/mol. The first-order chi connectivity index (χ1) is 18.2. The van der Waals surface area contributed by atoms with Crippen molar-refractivity contribution in [2.45, 2.75) is 51.1 Å². The fraction of sp³-hybridized carbons (Fsp3) is 0.310. The lowest BCUT2D eigenvalue weighted by Gasteiger charge is -2.33. The smallest absolute Gasteiger partial charge is 0.264 e. The van der Waals surface area contributed by atoms with Crippen LogP contribution in [0, 0.1) is 6.92 Å². The van der Waals surface area contributed by atoms with Crippen LogP contribution >= 0.6 is 11.6 Å². The molecule has 3 rings (SSSR count).